The number of hydrogen-bond acceptors (Lipinski definition) is 6. The molecule has 0 fully saturated rings. The maximum atomic E-state index is 13.0. The number of anilines is 1. The van der Waals surface area contributed by atoms with Gasteiger partial charge in [0, 0.05) is 16.6 Å². The fraction of sp³-hybridized carbons (Fsp3) is 0.100. The summed E-state index contributed by atoms with van der Waals surface area (Å²) in [6, 6.07) is 11.7. The first-order valence-corrected chi connectivity index (χ1v) is 9.49. The zero-order valence-corrected chi connectivity index (χ0v) is 15.9. The number of nitrogens with one attached hydrogen (secondary N) is 1. The van der Waals surface area contributed by atoms with Crippen molar-refractivity contribution in [3.63, 3.8) is 0 Å². The van der Waals surface area contributed by atoms with Gasteiger partial charge in [0.2, 0.25) is 0 Å². The molecule has 10 heteroatoms. The van der Waals surface area contributed by atoms with Crippen LogP contribution in [0, 0.1) is 0 Å². The lowest BCUT2D eigenvalue weighted by molar-refractivity contribution is -0.274. The Bertz CT molecular complexity index is 1110. The molecule has 1 aliphatic heterocycles. The number of carbonyl (C=O) groups excluding carboxylic acids is 2. The number of carbonyl (C=O) groups is 2. The zero-order chi connectivity index (χ0) is 21.3. The molecular formula is C20H13F3N2O4S. The zero-order valence-electron chi connectivity index (χ0n) is 15.1. The average Bonchev–Trinajstić information content (AvgIpc) is 3.41. The predicted molar refractivity (Wildman–Crippen MR) is 102 cm³/mol. The molecule has 154 valence electrons. The Morgan fingerprint density at radius 2 is 1.90 bits per heavy atom. The number of alkyl halides is 3. The molecule has 0 bridgehead atoms. The number of rotatable bonds is 6. The number of furan rings is 1. The van der Waals surface area contributed by atoms with Crippen molar-refractivity contribution < 1.29 is 31.9 Å². The number of benzene rings is 1. The topological polar surface area (TPSA) is 71.8 Å². The maximum Gasteiger partial charge on any atom is 0.573 e. The van der Waals surface area contributed by atoms with Gasteiger partial charge in [-0.25, -0.2) is 0 Å². The molecule has 3 aromatic rings. The van der Waals surface area contributed by atoms with Gasteiger partial charge >= 0.3 is 6.36 Å². The molecule has 4 rings (SSSR count). The fourth-order valence-electron chi connectivity index (χ4n) is 2.96. The van der Waals surface area contributed by atoms with Crippen molar-refractivity contribution in [2.75, 3.05) is 5.32 Å². The lowest BCUT2D eigenvalue weighted by atomic mass is 10.2. The Labute approximate surface area is 172 Å². The van der Waals surface area contributed by atoms with Gasteiger partial charge in [-0.15, -0.1) is 24.5 Å². The lowest BCUT2D eigenvalue weighted by Crippen LogP contribution is -2.31. The summed E-state index contributed by atoms with van der Waals surface area (Å²) in [6.45, 7) is -0.0675. The minimum absolute atomic E-state index is 0.0295. The van der Waals surface area contributed by atoms with Crippen molar-refractivity contribution in [2.24, 2.45) is 0 Å². The highest BCUT2D eigenvalue weighted by Gasteiger charge is 2.40. The van der Waals surface area contributed by atoms with Gasteiger partial charge in [-0.1, -0.05) is 12.1 Å². The summed E-state index contributed by atoms with van der Waals surface area (Å²) in [4.78, 5) is 27.6. The molecule has 1 aromatic carbocycles. The molecule has 2 amide bonds. The Kier molecular flexibility index (Phi) is 5.08. The second kappa shape index (κ2) is 7.71. The van der Waals surface area contributed by atoms with E-state index in [2.05, 4.69) is 10.1 Å². The highest BCUT2D eigenvalue weighted by atomic mass is 32.1. The highest BCUT2D eigenvalue weighted by Crippen LogP contribution is 2.34. The predicted octanol–water partition coefficient (Wildman–Crippen LogP) is 4.63. The van der Waals surface area contributed by atoms with E-state index in [1.807, 2.05) is 0 Å². The monoisotopic (exact) mass is 434 g/mol. The summed E-state index contributed by atoms with van der Waals surface area (Å²) >= 11 is 1.27. The molecule has 0 spiro atoms. The summed E-state index contributed by atoms with van der Waals surface area (Å²) in [5, 5.41) is 4.55. The molecule has 1 N–H and O–H groups in total. The number of thiophene rings is 1. The number of halogens is 3. The molecule has 6 nitrogen and oxygen atoms in total. The summed E-state index contributed by atoms with van der Waals surface area (Å²) in [5.41, 5.74) is 0.281. The molecular weight excluding hydrogens is 421 g/mol. The van der Waals surface area contributed by atoms with E-state index in [9.17, 15) is 22.8 Å². The van der Waals surface area contributed by atoms with E-state index in [0.717, 1.165) is 17.0 Å². The van der Waals surface area contributed by atoms with Crippen LogP contribution in [-0.4, -0.2) is 23.1 Å². The van der Waals surface area contributed by atoms with E-state index in [0.29, 0.717) is 10.6 Å². The van der Waals surface area contributed by atoms with Gasteiger partial charge in [-0.05, 0) is 35.7 Å². The van der Waals surface area contributed by atoms with Gasteiger partial charge in [-0.2, -0.15) is 0 Å². The van der Waals surface area contributed by atoms with Gasteiger partial charge in [0.1, 0.15) is 17.2 Å². The van der Waals surface area contributed by atoms with Gasteiger partial charge in [0.15, 0.2) is 0 Å². The van der Waals surface area contributed by atoms with Crippen molar-refractivity contribution in [1.29, 1.82) is 0 Å². The highest BCUT2D eigenvalue weighted by molar-refractivity contribution is 7.11. The molecule has 0 radical (unpaired) electrons. The standard InChI is InChI=1S/C20H13F3N2O4S/c21-20(22,23)29-13-5-1-4-12(10-13)24-17-16(15-7-3-9-30-15)18(26)25(19(17)27)11-14-6-2-8-28-14/h1-10,24H,11H2. The Morgan fingerprint density at radius 3 is 2.57 bits per heavy atom. The first-order valence-electron chi connectivity index (χ1n) is 8.61. The number of amides is 2. The Balaban J connectivity index is 1.67. The third-order valence-corrected chi connectivity index (χ3v) is 5.05. The molecule has 0 saturated heterocycles. The van der Waals surface area contributed by atoms with Crippen molar-refractivity contribution in [1.82, 2.24) is 4.90 Å². The van der Waals surface area contributed by atoms with E-state index in [1.54, 1.807) is 29.6 Å². The van der Waals surface area contributed by atoms with E-state index < -0.39 is 23.9 Å². The number of imide groups is 1. The second-order valence-corrected chi connectivity index (χ2v) is 7.15. The Morgan fingerprint density at radius 1 is 1.07 bits per heavy atom. The first-order chi connectivity index (χ1) is 14.3. The van der Waals surface area contributed by atoms with Crippen LogP contribution in [-0.2, 0) is 16.1 Å². The smallest absolute Gasteiger partial charge is 0.467 e. The number of ether oxygens (including phenoxy) is 1. The molecule has 30 heavy (non-hydrogen) atoms. The van der Waals surface area contributed by atoms with Gasteiger partial charge in [0.05, 0.1) is 18.4 Å². The fourth-order valence-corrected chi connectivity index (χ4v) is 3.73. The van der Waals surface area contributed by atoms with Crippen molar-refractivity contribution in [2.45, 2.75) is 12.9 Å². The van der Waals surface area contributed by atoms with Gasteiger partial charge in [-0.3, -0.25) is 14.5 Å². The van der Waals surface area contributed by atoms with Gasteiger partial charge in [0.25, 0.3) is 11.8 Å². The quantitative estimate of drug-likeness (QED) is 0.573. The maximum absolute atomic E-state index is 13.0. The first kappa shape index (κ1) is 19.8. The third-order valence-electron chi connectivity index (χ3n) is 4.17. The van der Waals surface area contributed by atoms with E-state index in [4.69, 9.17) is 4.42 Å². The van der Waals surface area contributed by atoms with Crippen LogP contribution in [0.5, 0.6) is 5.75 Å². The van der Waals surface area contributed by atoms with E-state index in [-0.39, 0.29) is 23.5 Å². The van der Waals surface area contributed by atoms with Crippen LogP contribution in [0.15, 0.2) is 70.3 Å². The molecule has 0 aliphatic carbocycles. The van der Waals surface area contributed by atoms with Crippen LogP contribution in [0.1, 0.15) is 10.6 Å². The van der Waals surface area contributed by atoms with Crippen LogP contribution < -0.4 is 10.1 Å². The second-order valence-electron chi connectivity index (χ2n) is 6.20. The summed E-state index contributed by atoms with van der Waals surface area (Å²) < 4.78 is 46.7. The van der Waals surface area contributed by atoms with Crippen LogP contribution in [0.3, 0.4) is 0 Å². The lowest BCUT2D eigenvalue weighted by Gasteiger charge is -2.14. The average molecular weight is 434 g/mol. The SMILES string of the molecule is O=C1C(Nc2cccc(OC(F)(F)F)c2)=C(c2cccs2)C(=O)N1Cc1ccco1. The molecule has 3 heterocycles. The molecule has 1 aliphatic rings. The summed E-state index contributed by atoms with van der Waals surface area (Å²) in [5.74, 6) is -1.16. The van der Waals surface area contributed by atoms with Crippen LogP contribution in [0.25, 0.3) is 5.57 Å². The van der Waals surface area contributed by atoms with E-state index >= 15 is 0 Å². The third kappa shape index (κ3) is 4.08. The molecule has 0 saturated carbocycles. The molecule has 0 atom stereocenters. The summed E-state index contributed by atoms with van der Waals surface area (Å²) in [6.07, 6.45) is -3.42. The number of hydrogen-bond donors (Lipinski definition) is 1. The largest absolute Gasteiger partial charge is 0.573 e. The van der Waals surface area contributed by atoms with E-state index in [1.165, 1.54) is 29.7 Å². The minimum Gasteiger partial charge on any atom is -0.467 e. The summed E-state index contributed by atoms with van der Waals surface area (Å²) in [7, 11) is 0. The Hall–Kier alpha value is -3.53. The van der Waals surface area contributed by atoms with Gasteiger partial charge < -0.3 is 14.5 Å². The van der Waals surface area contributed by atoms with Crippen molar-refractivity contribution in [3.8, 4) is 5.75 Å². The minimum atomic E-state index is -4.85. The van der Waals surface area contributed by atoms with Crippen molar-refractivity contribution in [3.05, 3.63) is 76.5 Å². The molecule has 2 aromatic heterocycles. The van der Waals surface area contributed by atoms with Crippen LogP contribution in [0.4, 0.5) is 18.9 Å². The van der Waals surface area contributed by atoms with Crippen LogP contribution >= 0.6 is 11.3 Å². The normalized spacial score (nSPS) is 14.6. The van der Waals surface area contributed by atoms with Crippen molar-refractivity contribution >= 4 is 34.4 Å². The van der Waals surface area contributed by atoms with Crippen LogP contribution in [0.2, 0.25) is 0 Å². The number of nitrogens with zero attached hydrogens (tertiary/aromatic N) is 1. The molecule has 0 unspecified atom stereocenters.